The quantitative estimate of drug-likeness (QED) is 0.801. The van der Waals surface area contributed by atoms with Crippen molar-refractivity contribution in [2.45, 2.75) is 32.4 Å². The lowest BCUT2D eigenvalue weighted by atomic mass is 10.1. The molecule has 126 valence electrons. The van der Waals surface area contributed by atoms with Gasteiger partial charge in [-0.1, -0.05) is 42.5 Å². The predicted octanol–water partition coefficient (Wildman–Crippen LogP) is 2.83. The Hall–Kier alpha value is -2.95. The third-order valence-electron chi connectivity index (χ3n) is 4.82. The molecule has 0 saturated carbocycles. The first-order chi connectivity index (χ1) is 12.2. The molecule has 4 rings (SSSR count). The number of aromatic nitrogens is 2. The van der Waals surface area contributed by atoms with Gasteiger partial charge in [0.05, 0.1) is 11.4 Å². The van der Waals surface area contributed by atoms with Crippen molar-refractivity contribution in [2.75, 3.05) is 0 Å². The Balaban J connectivity index is 1.74. The van der Waals surface area contributed by atoms with E-state index in [2.05, 4.69) is 22.5 Å². The van der Waals surface area contributed by atoms with Gasteiger partial charge in [-0.2, -0.15) is 5.10 Å². The average Bonchev–Trinajstić information content (AvgIpc) is 3.05. The number of hydrogen-bond donors (Lipinski definition) is 1. The van der Waals surface area contributed by atoms with E-state index in [0.29, 0.717) is 23.0 Å². The number of rotatable bonds is 3. The Morgan fingerprint density at radius 2 is 1.88 bits per heavy atom. The molecule has 3 aromatic rings. The van der Waals surface area contributed by atoms with E-state index in [1.807, 2.05) is 25.1 Å². The molecule has 0 radical (unpaired) electrons. The number of benzene rings is 2. The number of carbonyl (C=O) groups is 1. The molecule has 1 N–H and O–H groups in total. The lowest BCUT2D eigenvalue weighted by molar-refractivity contribution is 0.0931. The van der Waals surface area contributed by atoms with Gasteiger partial charge in [0.25, 0.3) is 11.5 Å². The summed E-state index contributed by atoms with van der Waals surface area (Å²) in [7, 11) is 0. The molecule has 1 aliphatic carbocycles. The van der Waals surface area contributed by atoms with Crippen LogP contribution in [0.25, 0.3) is 10.8 Å². The molecule has 1 aliphatic rings. The summed E-state index contributed by atoms with van der Waals surface area (Å²) in [5.74, 6) is -0.236. The third kappa shape index (κ3) is 2.61. The molecule has 1 aromatic heterocycles. The first kappa shape index (κ1) is 15.6. The molecule has 0 fully saturated rings. The average molecular weight is 333 g/mol. The number of nitrogens with zero attached hydrogens (tertiary/aromatic N) is 2. The van der Waals surface area contributed by atoms with Crippen LogP contribution in [0.3, 0.4) is 0 Å². The highest BCUT2D eigenvalue weighted by Crippen LogP contribution is 2.31. The van der Waals surface area contributed by atoms with E-state index in [1.54, 1.807) is 18.2 Å². The smallest absolute Gasteiger partial charge is 0.274 e. The van der Waals surface area contributed by atoms with Gasteiger partial charge in [0.2, 0.25) is 0 Å². The number of fused-ring (bicyclic) bond motifs is 2. The van der Waals surface area contributed by atoms with Crippen molar-refractivity contribution in [1.82, 2.24) is 15.1 Å². The van der Waals surface area contributed by atoms with Gasteiger partial charge in [0.15, 0.2) is 5.69 Å². The Bertz CT molecular complexity index is 1020. The molecule has 0 bridgehead atoms. The molecule has 5 nitrogen and oxygen atoms in total. The standard InChI is InChI=1S/C20H19N3O2/c1-2-23-20(25)16-10-6-5-9-15(16)18(22-23)19(24)21-17-12-11-13-7-3-4-8-14(13)17/h3-10,17H,2,11-12H2,1H3,(H,21,24)/t17-/m1/s1. The molecule has 0 aliphatic heterocycles. The Kier molecular flexibility index (Phi) is 3.84. The SMILES string of the molecule is CCn1nc(C(=O)N[C@@H]2CCc3ccccc32)c2ccccc2c1=O. The number of hydrogen-bond acceptors (Lipinski definition) is 3. The summed E-state index contributed by atoms with van der Waals surface area (Å²) in [5.41, 5.74) is 2.59. The zero-order valence-electron chi connectivity index (χ0n) is 14.0. The second-order valence-corrected chi connectivity index (χ2v) is 6.28. The molecule has 1 heterocycles. The fourth-order valence-electron chi connectivity index (χ4n) is 3.55. The minimum Gasteiger partial charge on any atom is -0.344 e. The maximum absolute atomic E-state index is 12.9. The number of nitrogens with one attached hydrogen (secondary N) is 1. The van der Waals surface area contributed by atoms with Gasteiger partial charge >= 0.3 is 0 Å². The van der Waals surface area contributed by atoms with Crippen LogP contribution in [0.1, 0.15) is 41.0 Å². The van der Waals surface area contributed by atoms with Crippen molar-refractivity contribution in [3.05, 3.63) is 75.7 Å². The van der Waals surface area contributed by atoms with Crippen molar-refractivity contribution in [2.24, 2.45) is 0 Å². The lowest BCUT2D eigenvalue weighted by Crippen LogP contribution is -2.32. The molecule has 0 unspecified atom stereocenters. The van der Waals surface area contributed by atoms with E-state index in [1.165, 1.54) is 15.8 Å². The minimum absolute atomic E-state index is 0.00809. The fourth-order valence-corrected chi connectivity index (χ4v) is 3.55. The maximum atomic E-state index is 12.9. The van der Waals surface area contributed by atoms with Crippen molar-refractivity contribution in [3.63, 3.8) is 0 Å². The van der Waals surface area contributed by atoms with E-state index in [-0.39, 0.29) is 17.5 Å². The summed E-state index contributed by atoms with van der Waals surface area (Å²) in [6.07, 6.45) is 1.85. The summed E-state index contributed by atoms with van der Waals surface area (Å²) in [6, 6.07) is 15.3. The van der Waals surface area contributed by atoms with Crippen LogP contribution < -0.4 is 10.9 Å². The highest BCUT2D eigenvalue weighted by molar-refractivity contribution is 6.04. The largest absolute Gasteiger partial charge is 0.344 e. The molecule has 0 spiro atoms. The fraction of sp³-hybridized carbons (Fsp3) is 0.250. The van der Waals surface area contributed by atoms with Gasteiger partial charge < -0.3 is 5.32 Å². The number of aryl methyl sites for hydroxylation is 2. The molecule has 2 aromatic carbocycles. The second-order valence-electron chi connectivity index (χ2n) is 6.28. The van der Waals surface area contributed by atoms with Crippen LogP contribution in [-0.2, 0) is 13.0 Å². The van der Waals surface area contributed by atoms with E-state index >= 15 is 0 Å². The highest BCUT2D eigenvalue weighted by Gasteiger charge is 2.25. The number of amides is 1. The summed E-state index contributed by atoms with van der Waals surface area (Å²) in [5, 5.41) is 8.53. The second kappa shape index (κ2) is 6.16. The van der Waals surface area contributed by atoms with Crippen molar-refractivity contribution < 1.29 is 4.79 Å². The summed E-state index contributed by atoms with van der Waals surface area (Å²) >= 11 is 0. The molecule has 25 heavy (non-hydrogen) atoms. The van der Waals surface area contributed by atoms with Crippen LogP contribution >= 0.6 is 0 Å². The Morgan fingerprint density at radius 3 is 2.68 bits per heavy atom. The van der Waals surface area contributed by atoms with E-state index in [0.717, 1.165) is 12.8 Å². The van der Waals surface area contributed by atoms with Crippen molar-refractivity contribution in [3.8, 4) is 0 Å². The highest BCUT2D eigenvalue weighted by atomic mass is 16.2. The van der Waals surface area contributed by atoms with Gasteiger partial charge in [-0.25, -0.2) is 4.68 Å². The maximum Gasteiger partial charge on any atom is 0.274 e. The predicted molar refractivity (Wildman–Crippen MR) is 96.6 cm³/mol. The van der Waals surface area contributed by atoms with Gasteiger partial charge in [-0.3, -0.25) is 9.59 Å². The monoisotopic (exact) mass is 333 g/mol. The summed E-state index contributed by atoms with van der Waals surface area (Å²) in [4.78, 5) is 25.3. The van der Waals surface area contributed by atoms with Gasteiger partial charge in [-0.15, -0.1) is 0 Å². The Morgan fingerprint density at radius 1 is 1.16 bits per heavy atom. The third-order valence-corrected chi connectivity index (χ3v) is 4.82. The van der Waals surface area contributed by atoms with Gasteiger partial charge in [-0.05, 0) is 37.0 Å². The first-order valence-corrected chi connectivity index (χ1v) is 8.57. The van der Waals surface area contributed by atoms with Crippen molar-refractivity contribution >= 4 is 16.7 Å². The summed E-state index contributed by atoms with van der Waals surface area (Å²) in [6.45, 7) is 2.27. The molecule has 1 atom stereocenters. The molecular formula is C20H19N3O2. The Labute approximate surface area is 145 Å². The van der Waals surface area contributed by atoms with Gasteiger partial charge in [0.1, 0.15) is 0 Å². The van der Waals surface area contributed by atoms with Crippen LogP contribution in [0.5, 0.6) is 0 Å². The topological polar surface area (TPSA) is 64.0 Å². The summed E-state index contributed by atoms with van der Waals surface area (Å²) < 4.78 is 1.35. The van der Waals surface area contributed by atoms with Crippen LogP contribution in [0.4, 0.5) is 0 Å². The zero-order chi connectivity index (χ0) is 17.4. The van der Waals surface area contributed by atoms with E-state index in [9.17, 15) is 9.59 Å². The minimum atomic E-state index is -0.236. The van der Waals surface area contributed by atoms with Gasteiger partial charge in [0, 0.05) is 11.9 Å². The molecule has 0 saturated heterocycles. The molecular weight excluding hydrogens is 314 g/mol. The van der Waals surface area contributed by atoms with Crippen LogP contribution in [0.15, 0.2) is 53.3 Å². The van der Waals surface area contributed by atoms with Crippen LogP contribution in [0, 0.1) is 0 Å². The van der Waals surface area contributed by atoms with Crippen LogP contribution in [0.2, 0.25) is 0 Å². The first-order valence-electron chi connectivity index (χ1n) is 8.57. The van der Waals surface area contributed by atoms with E-state index < -0.39 is 0 Å². The van der Waals surface area contributed by atoms with Crippen molar-refractivity contribution in [1.29, 1.82) is 0 Å². The molecule has 1 amide bonds. The van der Waals surface area contributed by atoms with E-state index in [4.69, 9.17) is 0 Å². The molecule has 5 heteroatoms. The lowest BCUT2D eigenvalue weighted by Gasteiger charge is -2.15. The van der Waals surface area contributed by atoms with Crippen LogP contribution in [-0.4, -0.2) is 15.7 Å². The number of carbonyl (C=O) groups excluding carboxylic acids is 1. The normalized spacial score (nSPS) is 16.0. The zero-order valence-corrected chi connectivity index (χ0v) is 14.0.